The normalized spacial score (nSPS) is 10.4. The van der Waals surface area contributed by atoms with Gasteiger partial charge < -0.3 is 10.1 Å². The lowest BCUT2D eigenvalue weighted by atomic mass is 10.00. The minimum atomic E-state index is -1.02. The van der Waals surface area contributed by atoms with Gasteiger partial charge in [0, 0.05) is 33.4 Å². The molecule has 1 aromatic carbocycles. The number of aliphatic carboxylic acids is 1. The number of nitrogens with one attached hydrogen (secondary N) is 1. The van der Waals surface area contributed by atoms with E-state index in [4.69, 9.17) is 28.3 Å². The van der Waals surface area contributed by atoms with Crippen LogP contribution in [-0.4, -0.2) is 16.1 Å². The summed E-state index contributed by atoms with van der Waals surface area (Å²) in [5.74, 6) is -1.02. The van der Waals surface area contributed by atoms with Crippen LogP contribution >= 0.6 is 23.2 Å². The summed E-state index contributed by atoms with van der Waals surface area (Å²) in [4.78, 5) is 24.6. The third-order valence-corrected chi connectivity index (χ3v) is 3.12. The molecule has 2 aromatic rings. The quantitative estimate of drug-likeness (QED) is 0.915. The fraction of sp³-hybridized carbons (Fsp3) is 0.0769. The Morgan fingerprint density at radius 1 is 1.21 bits per heavy atom. The molecular formula is C13H9Cl2NO3. The second-order valence-corrected chi connectivity index (χ2v) is 4.77. The number of hydrogen-bond donors (Lipinski definition) is 2. The molecule has 0 amide bonds. The molecule has 0 saturated heterocycles. The topological polar surface area (TPSA) is 70.2 Å². The number of rotatable bonds is 3. The average molecular weight is 298 g/mol. The molecule has 1 heterocycles. The van der Waals surface area contributed by atoms with Crippen LogP contribution in [0.25, 0.3) is 11.1 Å². The monoisotopic (exact) mass is 297 g/mol. The van der Waals surface area contributed by atoms with Gasteiger partial charge in [-0.1, -0.05) is 29.3 Å². The molecule has 0 saturated carbocycles. The van der Waals surface area contributed by atoms with Crippen molar-refractivity contribution in [3.63, 3.8) is 0 Å². The number of aromatic nitrogens is 1. The Hall–Kier alpha value is -1.78. The van der Waals surface area contributed by atoms with E-state index in [9.17, 15) is 9.59 Å². The summed E-state index contributed by atoms with van der Waals surface area (Å²) in [6.07, 6.45) is 1.20. The highest BCUT2D eigenvalue weighted by Gasteiger charge is 2.12. The summed E-state index contributed by atoms with van der Waals surface area (Å²) in [7, 11) is 0. The summed E-state index contributed by atoms with van der Waals surface area (Å²) in [6.45, 7) is 0. The van der Waals surface area contributed by atoms with E-state index >= 15 is 0 Å². The van der Waals surface area contributed by atoms with E-state index in [-0.39, 0.29) is 12.0 Å². The molecular weight excluding hydrogens is 289 g/mol. The minimum absolute atomic E-state index is 0.252. The van der Waals surface area contributed by atoms with Gasteiger partial charge in [0.15, 0.2) is 0 Å². The number of carboxylic acid groups (broad SMARTS) is 1. The van der Waals surface area contributed by atoms with E-state index in [1.807, 2.05) is 0 Å². The van der Waals surface area contributed by atoms with Gasteiger partial charge in [-0.15, -0.1) is 0 Å². The first-order valence-electron chi connectivity index (χ1n) is 5.36. The molecule has 0 spiro atoms. The maximum absolute atomic E-state index is 11.3. The van der Waals surface area contributed by atoms with Crippen molar-refractivity contribution in [1.29, 1.82) is 0 Å². The molecule has 1 aromatic heterocycles. The van der Waals surface area contributed by atoms with Crippen LogP contribution < -0.4 is 5.56 Å². The zero-order chi connectivity index (χ0) is 14.0. The Balaban J connectivity index is 2.60. The number of benzene rings is 1. The largest absolute Gasteiger partial charge is 0.481 e. The lowest BCUT2D eigenvalue weighted by Gasteiger charge is -2.09. The number of carboxylic acids is 1. The highest BCUT2D eigenvalue weighted by Crippen LogP contribution is 2.31. The molecule has 0 aliphatic rings. The van der Waals surface area contributed by atoms with E-state index in [0.29, 0.717) is 26.7 Å². The van der Waals surface area contributed by atoms with Crippen molar-refractivity contribution in [2.24, 2.45) is 0 Å². The summed E-state index contributed by atoms with van der Waals surface area (Å²) >= 11 is 11.9. The number of aromatic amines is 1. The van der Waals surface area contributed by atoms with Gasteiger partial charge in [-0.3, -0.25) is 9.59 Å². The number of carbonyl (C=O) groups is 1. The molecule has 0 aliphatic heterocycles. The van der Waals surface area contributed by atoms with Crippen molar-refractivity contribution in [1.82, 2.24) is 4.98 Å². The molecule has 0 unspecified atom stereocenters. The molecule has 0 atom stereocenters. The van der Waals surface area contributed by atoms with Gasteiger partial charge in [0.2, 0.25) is 5.56 Å². The van der Waals surface area contributed by atoms with Crippen molar-refractivity contribution < 1.29 is 9.90 Å². The summed E-state index contributed by atoms with van der Waals surface area (Å²) < 4.78 is 0. The second kappa shape index (κ2) is 5.47. The van der Waals surface area contributed by atoms with Gasteiger partial charge in [0.1, 0.15) is 0 Å². The zero-order valence-corrected chi connectivity index (χ0v) is 11.1. The smallest absolute Gasteiger partial charge is 0.307 e. The SMILES string of the molecule is O=C(O)Cc1cc(=O)[nH]cc1-c1ccc(Cl)cc1Cl. The third-order valence-electron chi connectivity index (χ3n) is 2.57. The molecule has 0 radical (unpaired) electrons. The van der Waals surface area contributed by atoms with Crippen LogP contribution in [0, 0.1) is 0 Å². The predicted molar refractivity (Wildman–Crippen MR) is 73.9 cm³/mol. The first kappa shape index (κ1) is 13.6. The van der Waals surface area contributed by atoms with Gasteiger partial charge in [-0.05, 0) is 17.7 Å². The minimum Gasteiger partial charge on any atom is -0.481 e. The lowest BCUT2D eigenvalue weighted by molar-refractivity contribution is -0.136. The van der Waals surface area contributed by atoms with Gasteiger partial charge >= 0.3 is 5.97 Å². The molecule has 6 heteroatoms. The molecule has 98 valence electrons. The highest BCUT2D eigenvalue weighted by atomic mass is 35.5. The van der Waals surface area contributed by atoms with Crippen molar-refractivity contribution in [2.75, 3.05) is 0 Å². The van der Waals surface area contributed by atoms with Crippen LogP contribution in [0.4, 0.5) is 0 Å². The highest BCUT2D eigenvalue weighted by molar-refractivity contribution is 6.36. The van der Waals surface area contributed by atoms with Crippen molar-refractivity contribution in [3.05, 3.63) is 56.4 Å². The van der Waals surface area contributed by atoms with Gasteiger partial charge in [-0.2, -0.15) is 0 Å². The number of H-pyrrole nitrogens is 1. The Morgan fingerprint density at radius 2 is 1.95 bits per heavy atom. The van der Waals surface area contributed by atoms with Crippen LogP contribution in [0.15, 0.2) is 35.3 Å². The average Bonchev–Trinajstić information content (AvgIpc) is 2.30. The van der Waals surface area contributed by atoms with Crippen molar-refractivity contribution >= 4 is 29.2 Å². The van der Waals surface area contributed by atoms with Crippen LogP contribution in [0.1, 0.15) is 5.56 Å². The van der Waals surface area contributed by atoms with Gasteiger partial charge in [-0.25, -0.2) is 0 Å². The Morgan fingerprint density at radius 3 is 2.58 bits per heavy atom. The van der Waals surface area contributed by atoms with Crippen LogP contribution in [0.3, 0.4) is 0 Å². The Bertz CT molecular complexity index is 695. The molecule has 2 N–H and O–H groups in total. The van der Waals surface area contributed by atoms with E-state index in [0.717, 1.165) is 0 Å². The Kier molecular flexibility index (Phi) is 3.93. The molecule has 19 heavy (non-hydrogen) atoms. The summed E-state index contributed by atoms with van der Waals surface area (Å²) in [5.41, 5.74) is 1.24. The van der Waals surface area contributed by atoms with E-state index in [1.54, 1.807) is 18.2 Å². The van der Waals surface area contributed by atoms with Crippen molar-refractivity contribution in [2.45, 2.75) is 6.42 Å². The summed E-state index contributed by atoms with van der Waals surface area (Å²) in [6, 6.07) is 6.16. The number of halogens is 2. The molecule has 0 bridgehead atoms. The van der Waals surface area contributed by atoms with E-state index in [1.165, 1.54) is 12.3 Å². The Labute approximate surface area is 118 Å². The summed E-state index contributed by atoms with van der Waals surface area (Å²) in [5, 5.41) is 9.76. The second-order valence-electron chi connectivity index (χ2n) is 3.93. The van der Waals surface area contributed by atoms with Crippen LogP contribution in [-0.2, 0) is 11.2 Å². The maximum atomic E-state index is 11.3. The standard InChI is InChI=1S/C13H9Cl2NO3/c14-8-1-2-9(11(15)5-8)10-6-16-12(17)3-7(10)4-13(18)19/h1-3,5-6H,4H2,(H,16,17)(H,18,19). The first-order valence-corrected chi connectivity index (χ1v) is 6.12. The van der Waals surface area contributed by atoms with Gasteiger partial charge in [0.25, 0.3) is 0 Å². The molecule has 0 fully saturated rings. The third kappa shape index (κ3) is 3.16. The fourth-order valence-corrected chi connectivity index (χ4v) is 2.29. The van der Waals surface area contributed by atoms with Crippen LogP contribution in [0.2, 0.25) is 10.0 Å². The first-order chi connectivity index (χ1) is 8.97. The fourth-order valence-electron chi connectivity index (χ4n) is 1.78. The van der Waals surface area contributed by atoms with E-state index < -0.39 is 5.97 Å². The van der Waals surface area contributed by atoms with Crippen LogP contribution in [0.5, 0.6) is 0 Å². The molecule has 0 aliphatic carbocycles. The maximum Gasteiger partial charge on any atom is 0.307 e. The molecule has 4 nitrogen and oxygen atoms in total. The van der Waals surface area contributed by atoms with Gasteiger partial charge in [0.05, 0.1) is 6.42 Å². The zero-order valence-electron chi connectivity index (χ0n) is 9.61. The lowest BCUT2D eigenvalue weighted by Crippen LogP contribution is -2.10. The number of hydrogen-bond acceptors (Lipinski definition) is 2. The van der Waals surface area contributed by atoms with E-state index in [2.05, 4.69) is 4.98 Å². The van der Waals surface area contributed by atoms with Crippen molar-refractivity contribution in [3.8, 4) is 11.1 Å². The number of pyridine rings is 1. The predicted octanol–water partition coefficient (Wildman–Crippen LogP) is 2.98. The molecule has 2 rings (SSSR count).